The molecular weight excluding hydrogens is 256 g/mol. The van der Waals surface area contributed by atoms with Crippen LogP contribution in [-0.2, 0) is 16.1 Å². The summed E-state index contributed by atoms with van der Waals surface area (Å²) in [7, 11) is 0. The van der Waals surface area contributed by atoms with Gasteiger partial charge in [0.15, 0.2) is 0 Å². The van der Waals surface area contributed by atoms with E-state index in [1.54, 1.807) is 0 Å². The second kappa shape index (κ2) is 7.18. The molecule has 4 heteroatoms. The summed E-state index contributed by atoms with van der Waals surface area (Å²) in [6, 6.07) is 9.99. The fourth-order valence-electron chi connectivity index (χ4n) is 2.51. The van der Waals surface area contributed by atoms with Gasteiger partial charge in [-0.05, 0) is 5.56 Å². The van der Waals surface area contributed by atoms with Gasteiger partial charge in [0.2, 0.25) is 0 Å². The van der Waals surface area contributed by atoms with Gasteiger partial charge in [0.05, 0.1) is 32.0 Å². The van der Waals surface area contributed by atoms with E-state index in [2.05, 4.69) is 0 Å². The molecular formula is C16H24O4. The van der Waals surface area contributed by atoms with E-state index in [1.165, 1.54) is 0 Å². The van der Waals surface area contributed by atoms with Crippen LogP contribution < -0.4 is 0 Å². The number of aliphatic hydroxyl groups excluding tert-OH is 2. The third kappa shape index (κ3) is 4.03. The van der Waals surface area contributed by atoms with Crippen LogP contribution in [0, 0.1) is 11.8 Å². The highest BCUT2D eigenvalue weighted by atomic mass is 16.6. The van der Waals surface area contributed by atoms with Gasteiger partial charge in [-0.25, -0.2) is 0 Å². The van der Waals surface area contributed by atoms with Crippen molar-refractivity contribution in [3.8, 4) is 0 Å². The Morgan fingerprint density at radius 1 is 1.25 bits per heavy atom. The zero-order chi connectivity index (χ0) is 14.5. The van der Waals surface area contributed by atoms with E-state index in [1.807, 2.05) is 44.2 Å². The minimum Gasteiger partial charge on any atom is -0.394 e. The summed E-state index contributed by atoms with van der Waals surface area (Å²) in [5, 5.41) is 19.2. The Morgan fingerprint density at radius 3 is 2.55 bits per heavy atom. The van der Waals surface area contributed by atoms with E-state index in [0.717, 1.165) is 5.56 Å². The molecule has 0 aromatic heterocycles. The largest absolute Gasteiger partial charge is 0.394 e. The molecule has 0 radical (unpaired) electrons. The van der Waals surface area contributed by atoms with Gasteiger partial charge in [-0.3, -0.25) is 0 Å². The number of epoxide rings is 1. The van der Waals surface area contributed by atoms with Crippen molar-refractivity contribution in [2.24, 2.45) is 11.8 Å². The Labute approximate surface area is 120 Å². The van der Waals surface area contributed by atoms with Crippen molar-refractivity contribution in [1.29, 1.82) is 0 Å². The van der Waals surface area contributed by atoms with Crippen LogP contribution in [0.5, 0.6) is 0 Å². The molecule has 0 amide bonds. The molecule has 1 heterocycles. The molecule has 1 aromatic carbocycles. The molecule has 2 rings (SSSR count). The van der Waals surface area contributed by atoms with Gasteiger partial charge < -0.3 is 19.7 Å². The number of hydrogen-bond acceptors (Lipinski definition) is 4. The van der Waals surface area contributed by atoms with Crippen LogP contribution in [0.15, 0.2) is 30.3 Å². The standard InChI is InChI=1S/C16H24O4/c1-11(9-19-10-13-6-4-3-5-7-13)15(18)12(2)16-14(8-17)20-16/h3-7,11-12,14-18H,8-10H2,1-2H3/t11-,12-,14+,15-,16+/m1/s1. The highest BCUT2D eigenvalue weighted by Gasteiger charge is 2.45. The Morgan fingerprint density at radius 2 is 1.95 bits per heavy atom. The lowest BCUT2D eigenvalue weighted by atomic mass is 9.90. The van der Waals surface area contributed by atoms with E-state index in [4.69, 9.17) is 14.6 Å². The predicted octanol–water partition coefficient (Wildman–Crippen LogP) is 1.60. The second-order valence-electron chi connectivity index (χ2n) is 5.65. The Kier molecular flexibility index (Phi) is 5.54. The lowest BCUT2D eigenvalue weighted by Crippen LogP contribution is -2.32. The molecule has 20 heavy (non-hydrogen) atoms. The maximum atomic E-state index is 10.3. The van der Waals surface area contributed by atoms with Gasteiger partial charge in [-0.1, -0.05) is 44.2 Å². The summed E-state index contributed by atoms with van der Waals surface area (Å²) >= 11 is 0. The van der Waals surface area contributed by atoms with Crippen LogP contribution in [0.2, 0.25) is 0 Å². The van der Waals surface area contributed by atoms with Crippen molar-refractivity contribution < 1.29 is 19.7 Å². The van der Waals surface area contributed by atoms with E-state index in [-0.39, 0.29) is 30.7 Å². The van der Waals surface area contributed by atoms with E-state index in [9.17, 15) is 5.11 Å². The lowest BCUT2D eigenvalue weighted by Gasteiger charge is -2.23. The average Bonchev–Trinajstić information content (AvgIpc) is 3.26. The quantitative estimate of drug-likeness (QED) is 0.710. The van der Waals surface area contributed by atoms with Gasteiger partial charge in [0, 0.05) is 11.8 Å². The van der Waals surface area contributed by atoms with Crippen molar-refractivity contribution in [3.05, 3.63) is 35.9 Å². The normalized spacial score (nSPS) is 26.0. The van der Waals surface area contributed by atoms with E-state index < -0.39 is 6.10 Å². The van der Waals surface area contributed by atoms with Gasteiger partial charge in [-0.2, -0.15) is 0 Å². The fourth-order valence-corrected chi connectivity index (χ4v) is 2.51. The molecule has 1 saturated heterocycles. The monoisotopic (exact) mass is 280 g/mol. The van der Waals surface area contributed by atoms with Crippen molar-refractivity contribution in [3.63, 3.8) is 0 Å². The molecule has 0 bridgehead atoms. The van der Waals surface area contributed by atoms with Crippen LogP contribution in [-0.4, -0.2) is 41.7 Å². The van der Waals surface area contributed by atoms with Gasteiger partial charge in [-0.15, -0.1) is 0 Å². The average molecular weight is 280 g/mol. The fraction of sp³-hybridized carbons (Fsp3) is 0.625. The van der Waals surface area contributed by atoms with Gasteiger partial charge >= 0.3 is 0 Å². The maximum Gasteiger partial charge on any atom is 0.108 e. The lowest BCUT2D eigenvalue weighted by molar-refractivity contribution is -0.00204. The second-order valence-corrected chi connectivity index (χ2v) is 5.65. The number of hydrogen-bond donors (Lipinski definition) is 2. The third-order valence-corrected chi connectivity index (χ3v) is 3.93. The third-order valence-electron chi connectivity index (χ3n) is 3.93. The van der Waals surface area contributed by atoms with E-state index in [0.29, 0.717) is 13.2 Å². The SMILES string of the molecule is C[C@H]([C@H](O)[C@H](C)COCc1ccccc1)[C@@H]1O[C@H]1CO. The first-order chi connectivity index (χ1) is 9.63. The Bertz CT molecular complexity index is 395. The number of benzene rings is 1. The van der Waals surface area contributed by atoms with E-state index >= 15 is 0 Å². The zero-order valence-corrected chi connectivity index (χ0v) is 12.1. The zero-order valence-electron chi connectivity index (χ0n) is 12.1. The number of aliphatic hydroxyl groups is 2. The molecule has 112 valence electrons. The highest BCUT2D eigenvalue weighted by molar-refractivity contribution is 5.13. The molecule has 0 saturated carbocycles. The molecule has 0 aliphatic carbocycles. The minimum atomic E-state index is -0.479. The first-order valence-corrected chi connectivity index (χ1v) is 7.19. The molecule has 1 aliphatic rings. The molecule has 2 N–H and O–H groups in total. The van der Waals surface area contributed by atoms with Crippen molar-refractivity contribution in [2.45, 2.75) is 38.8 Å². The Hall–Kier alpha value is -0.940. The van der Waals surface area contributed by atoms with Crippen LogP contribution in [0.25, 0.3) is 0 Å². The predicted molar refractivity (Wildman–Crippen MR) is 76.2 cm³/mol. The van der Waals surface area contributed by atoms with Crippen LogP contribution in [0.4, 0.5) is 0 Å². The number of ether oxygens (including phenoxy) is 2. The summed E-state index contributed by atoms with van der Waals surface area (Å²) in [6.45, 7) is 5.03. The molecule has 0 spiro atoms. The first kappa shape index (κ1) is 15.4. The summed E-state index contributed by atoms with van der Waals surface area (Å²) in [4.78, 5) is 0. The summed E-state index contributed by atoms with van der Waals surface area (Å²) in [6.07, 6.45) is -0.601. The Balaban J connectivity index is 1.70. The van der Waals surface area contributed by atoms with Crippen LogP contribution in [0.3, 0.4) is 0 Å². The molecule has 0 unspecified atom stereocenters. The van der Waals surface area contributed by atoms with Gasteiger partial charge in [0.1, 0.15) is 6.10 Å². The molecule has 1 aromatic rings. The molecule has 4 nitrogen and oxygen atoms in total. The van der Waals surface area contributed by atoms with Crippen molar-refractivity contribution >= 4 is 0 Å². The molecule has 1 fully saturated rings. The van der Waals surface area contributed by atoms with Crippen molar-refractivity contribution in [1.82, 2.24) is 0 Å². The summed E-state index contributed by atoms with van der Waals surface area (Å²) in [5.74, 6) is 0.0553. The molecule has 5 atom stereocenters. The summed E-state index contributed by atoms with van der Waals surface area (Å²) in [5.41, 5.74) is 1.13. The van der Waals surface area contributed by atoms with Gasteiger partial charge in [0.25, 0.3) is 0 Å². The highest BCUT2D eigenvalue weighted by Crippen LogP contribution is 2.33. The summed E-state index contributed by atoms with van der Waals surface area (Å²) < 4.78 is 11.0. The first-order valence-electron chi connectivity index (χ1n) is 7.19. The number of rotatable bonds is 8. The minimum absolute atomic E-state index is 0.0162. The smallest absolute Gasteiger partial charge is 0.108 e. The van der Waals surface area contributed by atoms with Crippen LogP contribution in [0.1, 0.15) is 19.4 Å². The van der Waals surface area contributed by atoms with Crippen LogP contribution >= 0.6 is 0 Å². The van der Waals surface area contributed by atoms with Crippen molar-refractivity contribution in [2.75, 3.05) is 13.2 Å². The topological polar surface area (TPSA) is 62.2 Å². The molecule has 1 aliphatic heterocycles. The maximum absolute atomic E-state index is 10.3.